The molecule has 2 heterocycles. The number of rotatable bonds is 6. The Kier molecular flexibility index (Phi) is 5.65. The van der Waals surface area contributed by atoms with Gasteiger partial charge in [-0.2, -0.15) is 0 Å². The minimum atomic E-state index is -0.338. The van der Waals surface area contributed by atoms with Crippen molar-refractivity contribution in [2.45, 2.75) is 19.9 Å². The molecule has 166 valence electrons. The van der Waals surface area contributed by atoms with E-state index in [4.69, 9.17) is 9.47 Å². The first kappa shape index (κ1) is 21.5. The lowest BCUT2D eigenvalue weighted by atomic mass is 10.1. The average Bonchev–Trinajstić information content (AvgIpc) is 3.20. The van der Waals surface area contributed by atoms with E-state index in [0.29, 0.717) is 35.4 Å². The summed E-state index contributed by atoms with van der Waals surface area (Å²) in [5.74, 6) is 1.36. The van der Waals surface area contributed by atoms with Gasteiger partial charge in [-0.3, -0.25) is 13.9 Å². The van der Waals surface area contributed by atoms with Gasteiger partial charge in [0.05, 0.1) is 30.8 Å². The standard InChI is InChI=1S/C25H27N3O4/c1-16-6-9-18(10-7-16)23-22-19(26(2)25(30)27(3)24(22)29)15-28(23)13-12-17-8-11-20(31-4)21(14-17)32-5/h6-11,14-15H,12-13H2,1-5H3. The monoisotopic (exact) mass is 433 g/mol. The Hall–Kier alpha value is -3.74. The van der Waals surface area contributed by atoms with Crippen LogP contribution >= 0.6 is 0 Å². The van der Waals surface area contributed by atoms with E-state index in [9.17, 15) is 9.59 Å². The van der Waals surface area contributed by atoms with Crippen LogP contribution in [0.1, 0.15) is 11.1 Å². The Morgan fingerprint density at radius 3 is 2.22 bits per heavy atom. The number of aromatic nitrogens is 3. The number of nitrogens with zero attached hydrogens (tertiary/aromatic N) is 3. The quantitative estimate of drug-likeness (QED) is 0.468. The van der Waals surface area contributed by atoms with E-state index in [-0.39, 0.29) is 11.2 Å². The number of ether oxygens (including phenoxy) is 2. The largest absolute Gasteiger partial charge is 0.493 e. The SMILES string of the molecule is COc1ccc(CCn2cc3c(c2-c2ccc(C)cc2)c(=O)n(C)c(=O)n3C)cc1OC. The Labute approximate surface area is 186 Å². The Morgan fingerprint density at radius 2 is 1.56 bits per heavy atom. The van der Waals surface area contributed by atoms with Crippen LogP contribution in [0.3, 0.4) is 0 Å². The Bertz CT molecular complexity index is 1410. The first-order valence-corrected chi connectivity index (χ1v) is 10.4. The molecule has 0 bridgehead atoms. The van der Waals surface area contributed by atoms with Gasteiger partial charge in [0.25, 0.3) is 5.56 Å². The van der Waals surface area contributed by atoms with Crippen LogP contribution in [-0.2, 0) is 27.1 Å². The fraction of sp³-hybridized carbons (Fsp3) is 0.280. The van der Waals surface area contributed by atoms with Crippen LogP contribution in [-0.4, -0.2) is 27.9 Å². The van der Waals surface area contributed by atoms with Gasteiger partial charge in [-0.15, -0.1) is 0 Å². The third-order valence-corrected chi connectivity index (χ3v) is 5.93. The van der Waals surface area contributed by atoms with Crippen molar-refractivity contribution in [1.82, 2.24) is 13.7 Å². The molecule has 0 amide bonds. The minimum absolute atomic E-state index is 0.288. The summed E-state index contributed by atoms with van der Waals surface area (Å²) >= 11 is 0. The number of benzene rings is 2. The number of methoxy groups -OCH3 is 2. The van der Waals surface area contributed by atoms with Gasteiger partial charge in [0.15, 0.2) is 11.5 Å². The topological polar surface area (TPSA) is 67.4 Å². The van der Waals surface area contributed by atoms with Gasteiger partial charge in [-0.1, -0.05) is 35.9 Å². The molecule has 0 saturated carbocycles. The molecular formula is C25H27N3O4. The predicted molar refractivity (Wildman–Crippen MR) is 126 cm³/mol. The van der Waals surface area contributed by atoms with Crippen molar-refractivity contribution in [3.8, 4) is 22.8 Å². The van der Waals surface area contributed by atoms with Crippen LogP contribution in [0.5, 0.6) is 11.5 Å². The first-order valence-electron chi connectivity index (χ1n) is 10.4. The Morgan fingerprint density at radius 1 is 0.875 bits per heavy atom. The molecule has 0 radical (unpaired) electrons. The zero-order valence-electron chi connectivity index (χ0n) is 19.0. The van der Waals surface area contributed by atoms with E-state index in [1.165, 1.54) is 16.2 Å². The van der Waals surface area contributed by atoms with Crippen LogP contribution in [0.4, 0.5) is 0 Å². The van der Waals surface area contributed by atoms with Crippen molar-refractivity contribution in [2.24, 2.45) is 14.1 Å². The molecule has 7 nitrogen and oxygen atoms in total. The highest BCUT2D eigenvalue weighted by Gasteiger charge is 2.19. The summed E-state index contributed by atoms with van der Waals surface area (Å²) in [5, 5.41) is 0.547. The van der Waals surface area contributed by atoms with Crippen LogP contribution in [0.15, 0.2) is 58.3 Å². The highest BCUT2D eigenvalue weighted by Crippen LogP contribution is 2.30. The highest BCUT2D eigenvalue weighted by molar-refractivity contribution is 5.93. The third kappa shape index (κ3) is 3.60. The molecule has 0 saturated heterocycles. The summed E-state index contributed by atoms with van der Waals surface area (Å²) < 4.78 is 15.5. The van der Waals surface area contributed by atoms with Crippen LogP contribution in [0, 0.1) is 6.92 Å². The van der Waals surface area contributed by atoms with E-state index >= 15 is 0 Å². The van der Waals surface area contributed by atoms with Gasteiger partial charge in [0, 0.05) is 26.8 Å². The van der Waals surface area contributed by atoms with Crippen LogP contribution in [0.25, 0.3) is 22.2 Å². The second-order valence-electron chi connectivity index (χ2n) is 7.94. The average molecular weight is 434 g/mol. The fourth-order valence-electron chi connectivity index (χ4n) is 4.07. The maximum absolute atomic E-state index is 13.1. The van der Waals surface area contributed by atoms with Gasteiger partial charge >= 0.3 is 5.69 Å². The second-order valence-corrected chi connectivity index (χ2v) is 7.94. The van der Waals surface area contributed by atoms with Gasteiger partial charge in [-0.05, 0) is 36.6 Å². The van der Waals surface area contributed by atoms with Gasteiger partial charge in [0.1, 0.15) is 0 Å². The van der Waals surface area contributed by atoms with E-state index in [1.807, 2.05) is 55.6 Å². The van der Waals surface area contributed by atoms with E-state index in [2.05, 4.69) is 4.57 Å². The summed E-state index contributed by atoms with van der Waals surface area (Å²) in [4.78, 5) is 25.6. The number of hydrogen-bond donors (Lipinski definition) is 0. The van der Waals surface area contributed by atoms with Crippen molar-refractivity contribution in [3.63, 3.8) is 0 Å². The summed E-state index contributed by atoms with van der Waals surface area (Å²) in [5.41, 5.74) is 3.98. The molecule has 0 spiro atoms. The van der Waals surface area contributed by atoms with Crippen molar-refractivity contribution < 1.29 is 9.47 Å². The normalized spacial score (nSPS) is 11.2. The molecule has 7 heteroatoms. The van der Waals surface area contributed by atoms with Crippen LogP contribution < -0.4 is 20.7 Å². The smallest absolute Gasteiger partial charge is 0.330 e. The number of hydrogen-bond acceptors (Lipinski definition) is 4. The zero-order valence-corrected chi connectivity index (χ0v) is 19.0. The van der Waals surface area contributed by atoms with E-state index < -0.39 is 0 Å². The molecule has 0 unspecified atom stereocenters. The summed E-state index contributed by atoms with van der Waals surface area (Å²) in [6.07, 6.45) is 2.61. The van der Waals surface area contributed by atoms with Crippen molar-refractivity contribution in [3.05, 3.63) is 80.6 Å². The highest BCUT2D eigenvalue weighted by atomic mass is 16.5. The van der Waals surface area contributed by atoms with Crippen molar-refractivity contribution in [1.29, 1.82) is 0 Å². The van der Waals surface area contributed by atoms with Gasteiger partial charge in [-0.25, -0.2) is 4.79 Å². The molecule has 0 aliphatic rings. The molecule has 0 atom stereocenters. The van der Waals surface area contributed by atoms with Crippen molar-refractivity contribution in [2.75, 3.05) is 14.2 Å². The molecule has 0 aliphatic heterocycles. The number of aryl methyl sites for hydroxylation is 4. The summed E-state index contributed by atoms with van der Waals surface area (Å²) in [7, 11) is 6.44. The lowest BCUT2D eigenvalue weighted by Crippen LogP contribution is -2.36. The molecule has 4 aromatic rings. The lowest BCUT2D eigenvalue weighted by molar-refractivity contribution is 0.354. The molecule has 0 fully saturated rings. The molecule has 2 aromatic heterocycles. The second kappa shape index (κ2) is 8.42. The summed E-state index contributed by atoms with van der Waals surface area (Å²) in [6, 6.07) is 13.9. The third-order valence-electron chi connectivity index (χ3n) is 5.93. The number of fused-ring (bicyclic) bond motifs is 1. The maximum atomic E-state index is 13.1. The van der Waals surface area contributed by atoms with Crippen molar-refractivity contribution >= 4 is 10.9 Å². The first-order chi connectivity index (χ1) is 15.3. The van der Waals surface area contributed by atoms with Crippen LogP contribution in [0.2, 0.25) is 0 Å². The summed E-state index contributed by atoms with van der Waals surface area (Å²) in [6.45, 7) is 2.66. The van der Waals surface area contributed by atoms with Gasteiger partial charge in [0.2, 0.25) is 0 Å². The minimum Gasteiger partial charge on any atom is -0.493 e. The van der Waals surface area contributed by atoms with E-state index in [1.54, 1.807) is 21.3 Å². The molecule has 2 aromatic carbocycles. The maximum Gasteiger partial charge on any atom is 0.330 e. The zero-order chi connectivity index (χ0) is 23.0. The fourth-order valence-corrected chi connectivity index (χ4v) is 4.07. The molecular weight excluding hydrogens is 406 g/mol. The molecule has 0 N–H and O–H groups in total. The Balaban J connectivity index is 1.85. The predicted octanol–water partition coefficient (Wildman–Crippen LogP) is 3.27. The molecule has 0 aliphatic carbocycles. The lowest BCUT2D eigenvalue weighted by Gasteiger charge is -2.12. The molecule has 4 rings (SSSR count). The van der Waals surface area contributed by atoms with E-state index in [0.717, 1.165) is 22.4 Å². The van der Waals surface area contributed by atoms with Gasteiger partial charge < -0.3 is 14.0 Å². The molecule has 32 heavy (non-hydrogen) atoms.